The lowest BCUT2D eigenvalue weighted by Crippen LogP contribution is -2.18. The number of aromatic nitrogens is 3. The number of benzene rings is 2. The van der Waals surface area contributed by atoms with Gasteiger partial charge in [0.05, 0.1) is 32.1 Å². The third kappa shape index (κ3) is 5.38. The van der Waals surface area contributed by atoms with E-state index < -0.39 is 6.10 Å². The molecule has 2 aromatic carbocycles. The SMILES string of the molecule is COc1ccc(COCC(O)CSc2nc(C3CC3)n(-c3ccccc3)n2)cc1. The standard InChI is InChI=1S/C22H25N3O3S/c1-27-20-11-7-16(8-12-20)13-28-14-19(26)15-29-22-23-21(17-9-10-17)25(24-22)18-5-3-2-4-6-18/h2-8,11-12,17,19,26H,9-10,13-15H2,1H3. The molecule has 152 valence electrons. The molecular formula is C22H25N3O3S. The van der Waals surface area contributed by atoms with Crippen molar-refractivity contribution in [3.05, 3.63) is 66.0 Å². The van der Waals surface area contributed by atoms with Gasteiger partial charge in [0, 0.05) is 11.7 Å². The average Bonchev–Trinajstić information content (AvgIpc) is 3.52. The van der Waals surface area contributed by atoms with E-state index in [1.807, 2.05) is 59.3 Å². The molecule has 0 amide bonds. The van der Waals surface area contributed by atoms with E-state index in [1.165, 1.54) is 11.8 Å². The van der Waals surface area contributed by atoms with Gasteiger partial charge in [-0.3, -0.25) is 0 Å². The number of methoxy groups -OCH3 is 1. The van der Waals surface area contributed by atoms with E-state index in [4.69, 9.17) is 14.5 Å². The largest absolute Gasteiger partial charge is 0.497 e. The molecule has 4 rings (SSSR count). The molecule has 3 aromatic rings. The Morgan fingerprint density at radius 3 is 2.59 bits per heavy atom. The van der Waals surface area contributed by atoms with Crippen LogP contribution >= 0.6 is 11.8 Å². The fraction of sp³-hybridized carbons (Fsp3) is 0.364. The number of hydrogen-bond acceptors (Lipinski definition) is 6. The van der Waals surface area contributed by atoms with Gasteiger partial charge in [0.15, 0.2) is 0 Å². The molecule has 0 aliphatic heterocycles. The number of aliphatic hydroxyl groups is 1. The summed E-state index contributed by atoms with van der Waals surface area (Å²) in [7, 11) is 1.64. The fourth-order valence-corrected chi connectivity index (χ4v) is 3.72. The van der Waals surface area contributed by atoms with E-state index in [0.717, 1.165) is 35.7 Å². The molecule has 1 heterocycles. The van der Waals surface area contributed by atoms with Gasteiger partial charge in [0.1, 0.15) is 11.6 Å². The van der Waals surface area contributed by atoms with Gasteiger partial charge in [-0.2, -0.15) is 0 Å². The maximum atomic E-state index is 10.3. The predicted octanol–water partition coefficient (Wildman–Crippen LogP) is 3.82. The highest BCUT2D eigenvalue weighted by atomic mass is 32.2. The van der Waals surface area contributed by atoms with Crippen LogP contribution in [0.3, 0.4) is 0 Å². The molecule has 0 spiro atoms. The Morgan fingerprint density at radius 1 is 1.14 bits per heavy atom. The third-order valence-corrected chi connectivity index (χ3v) is 5.68. The number of hydrogen-bond donors (Lipinski definition) is 1. The van der Waals surface area contributed by atoms with Gasteiger partial charge in [-0.15, -0.1) is 5.10 Å². The average molecular weight is 412 g/mol. The van der Waals surface area contributed by atoms with Crippen molar-refractivity contribution in [2.24, 2.45) is 0 Å². The molecule has 7 heteroatoms. The van der Waals surface area contributed by atoms with Gasteiger partial charge in [-0.1, -0.05) is 42.1 Å². The molecule has 0 saturated heterocycles. The molecule has 29 heavy (non-hydrogen) atoms. The van der Waals surface area contributed by atoms with Gasteiger partial charge < -0.3 is 14.6 Å². The second kappa shape index (κ2) is 9.43. The monoisotopic (exact) mass is 411 g/mol. The zero-order chi connectivity index (χ0) is 20.1. The molecule has 1 atom stereocenters. The minimum atomic E-state index is -0.578. The molecule has 1 saturated carbocycles. The molecule has 6 nitrogen and oxygen atoms in total. The molecule has 1 aliphatic rings. The van der Waals surface area contributed by atoms with E-state index in [2.05, 4.69) is 5.10 Å². The van der Waals surface area contributed by atoms with Gasteiger partial charge in [0.2, 0.25) is 5.16 Å². The highest BCUT2D eigenvalue weighted by Gasteiger charge is 2.30. The summed E-state index contributed by atoms with van der Waals surface area (Å²) in [5, 5.41) is 15.6. The van der Waals surface area contributed by atoms with Crippen molar-refractivity contribution in [3.63, 3.8) is 0 Å². The summed E-state index contributed by atoms with van der Waals surface area (Å²) < 4.78 is 12.7. The fourth-order valence-electron chi connectivity index (χ4n) is 2.98. The minimum absolute atomic E-state index is 0.272. The second-order valence-corrected chi connectivity index (χ2v) is 8.09. The quantitative estimate of drug-likeness (QED) is 0.512. The predicted molar refractivity (Wildman–Crippen MR) is 113 cm³/mol. The summed E-state index contributed by atoms with van der Waals surface area (Å²) in [6, 6.07) is 17.8. The van der Waals surface area contributed by atoms with Crippen LogP contribution < -0.4 is 4.74 Å². The smallest absolute Gasteiger partial charge is 0.209 e. The zero-order valence-corrected chi connectivity index (χ0v) is 17.2. The van der Waals surface area contributed by atoms with E-state index >= 15 is 0 Å². The van der Waals surface area contributed by atoms with Crippen LogP contribution in [0, 0.1) is 0 Å². The summed E-state index contributed by atoms with van der Waals surface area (Å²) in [5.41, 5.74) is 2.07. The van der Waals surface area contributed by atoms with Gasteiger partial charge in [0.25, 0.3) is 0 Å². The minimum Gasteiger partial charge on any atom is -0.497 e. The maximum absolute atomic E-state index is 10.3. The van der Waals surface area contributed by atoms with E-state index in [0.29, 0.717) is 23.4 Å². The number of rotatable bonds is 10. The lowest BCUT2D eigenvalue weighted by molar-refractivity contribution is 0.0397. The van der Waals surface area contributed by atoms with Crippen LogP contribution in [-0.2, 0) is 11.3 Å². The van der Waals surface area contributed by atoms with Crippen LogP contribution in [0.25, 0.3) is 5.69 Å². The maximum Gasteiger partial charge on any atom is 0.209 e. The van der Waals surface area contributed by atoms with Crippen LogP contribution in [0.5, 0.6) is 5.75 Å². The summed E-state index contributed by atoms with van der Waals surface area (Å²) in [5.74, 6) is 2.82. The molecule has 1 aromatic heterocycles. The van der Waals surface area contributed by atoms with Crippen LogP contribution in [-0.4, -0.2) is 45.4 Å². The topological polar surface area (TPSA) is 69.4 Å². The molecule has 1 unspecified atom stereocenters. The first-order chi connectivity index (χ1) is 14.2. The highest BCUT2D eigenvalue weighted by Crippen LogP contribution is 2.40. The first-order valence-corrected chi connectivity index (χ1v) is 10.8. The van der Waals surface area contributed by atoms with Crippen molar-refractivity contribution in [1.82, 2.24) is 14.8 Å². The Labute approximate surface area is 174 Å². The first kappa shape index (κ1) is 19.9. The Bertz CT molecular complexity index is 911. The lowest BCUT2D eigenvalue weighted by atomic mass is 10.2. The van der Waals surface area contributed by atoms with Crippen molar-refractivity contribution in [2.45, 2.75) is 36.6 Å². The van der Waals surface area contributed by atoms with E-state index in [9.17, 15) is 5.11 Å². The zero-order valence-electron chi connectivity index (χ0n) is 16.4. The summed E-state index contributed by atoms with van der Waals surface area (Å²) >= 11 is 1.46. The van der Waals surface area contributed by atoms with Crippen molar-refractivity contribution in [1.29, 1.82) is 0 Å². The first-order valence-electron chi connectivity index (χ1n) is 9.77. The Morgan fingerprint density at radius 2 is 1.90 bits per heavy atom. The highest BCUT2D eigenvalue weighted by molar-refractivity contribution is 7.99. The molecular weight excluding hydrogens is 386 g/mol. The Kier molecular flexibility index (Phi) is 6.49. The number of nitrogens with zero attached hydrogens (tertiary/aromatic N) is 3. The van der Waals surface area contributed by atoms with E-state index in [-0.39, 0.29) is 6.61 Å². The number of para-hydroxylation sites is 1. The summed E-state index contributed by atoms with van der Waals surface area (Å²) in [4.78, 5) is 4.72. The molecule has 0 bridgehead atoms. The van der Waals surface area contributed by atoms with Crippen molar-refractivity contribution in [2.75, 3.05) is 19.5 Å². The Balaban J connectivity index is 1.28. The van der Waals surface area contributed by atoms with Crippen molar-refractivity contribution < 1.29 is 14.6 Å². The summed E-state index contributed by atoms with van der Waals surface area (Å²) in [6.45, 7) is 0.729. The normalized spacial score (nSPS) is 14.7. The van der Waals surface area contributed by atoms with Crippen LogP contribution in [0.15, 0.2) is 59.8 Å². The second-order valence-electron chi connectivity index (χ2n) is 7.10. The molecule has 1 N–H and O–H groups in total. The third-order valence-electron chi connectivity index (χ3n) is 4.70. The summed E-state index contributed by atoms with van der Waals surface area (Å²) in [6.07, 6.45) is 1.75. The van der Waals surface area contributed by atoms with Crippen LogP contribution in [0.1, 0.15) is 30.1 Å². The number of thioether (sulfide) groups is 1. The molecule has 0 radical (unpaired) electrons. The van der Waals surface area contributed by atoms with Crippen molar-refractivity contribution in [3.8, 4) is 11.4 Å². The Hall–Kier alpha value is -2.35. The molecule has 1 fully saturated rings. The number of aliphatic hydroxyl groups excluding tert-OH is 1. The van der Waals surface area contributed by atoms with Gasteiger partial charge >= 0.3 is 0 Å². The van der Waals surface area contributed by atoms with Crippen molar-refractivity contribution >= 4 is 11.8 Å². The number of ether oxygens (including phenoxy) is 2. The van der Waals surface area contributed by atoms with E-state index in [1.54, 1.807) is 7.11 Å². The van der Waals surface area contributed by atoms with Crippen LogP contribution in [0.4, 0.5) is 0 Å². The van der Waals surface area contributed by atoms with Gasteiger partial charge in [-0.05, 0) is 42.7 Å². The van der Waals surface area contributed by atoms with Gasteiger partial charge in [-0.25, -0.2) is 9.67 Å². The van der Waals surface area contributed by atoms with Crippen LogP contribution in [0.2, 0.25) is 0 Å². The molecule has 1 aliphatic carbocycles. The lowest BCUT2D eigenvalue weighted by Gasteiger charge is -2.10.